The molecule has 1 heterocycles. The molecule has 1 aliphatic rings. The number of halogens is 1. The average molecular weight is 268 g/mol. The summed E-state index contributed by atoms with van der Waals surface area (Å²) in [6.07, 6.45) is 0. The van der Waals surface area contributed by atoms with Gasteiger partial charge in [0, 0.05) is 10.7 Å². The number of nitrogens with zero attached hydrogens (tertiary/aromatic N) is 1. The van der Waals surface area contributed by atoms with Crippen molar-refractivity contribution >= 4 is 29.2 Å². The van der Waals surface area contributed by atoms with Crippen molar-refractivity contribution < 1.29 is 9.59 Å². The Bertz CT molecular complexity index is 485. The van der Waals surface area contributed by atoms with Gasteiger partial charge in [-0.1, -0.05) is 11.6 Å². The van der Waals surface area contributed by atoms with Crippen molar-refractivity contribution in [2.24, 2.45) is 0 Å². The number of anilines is 1. The number of nitrogens with one attached hydrogen (secondary N) is 2. The molecule has 1 aliphatic heterocycles. The SMILES string of the molecule is CC1(C)NC(=O)N(CNc2ccc(Cl)cc2)C1=O. The molecule has 1 aromatic carbocycles. The highest BCUT2D eigenvalue weighted by Gasteiger charge is 2.43. The summed E-state index contributed by atoms with van der Waals surface area (Å²) >= 11 is 5.77. The summed E-state index contributed by atoms with van der Waals surface area (Å²) in [4.78, 5) is 24.7. The van der Waals surface area contributed by atoms with Gasteiger partial charge in [-0.2, -0.15) is 0 Å². The van der Waals surface area contributed by atoms with Gasteiger partial charge in [-0.15, -0.1) is 0 Å². The molecule has 0 saturated carbocycles. The third kappa shape index (κ3) is 2.41. The standard InChI is InChI=1S/C12H14ClN3O2/c1-12(2)10(17)16(11(18)15-12)7-14-9-5-3-8(13)4-6-9/h3-6,14H,7H2,1-2H3,(H,15,18). The van der Waals surface area contributed by atoms with E-state index < -0.39 is 5.54 Å². The van der Waals surface area contributed by atoms with E-state index in [1.54, 1.807) is 38.1 Å². The lowest BCUT2D eigenvalue weighted by molar-refractivity contribution is -0.129. The molecular weight excluding hydrogens is 254 g/mol. The van der Waals surface area contributed by atoms with Gasteiger partial charge in [-0.25, -0.2) is 9.69 Å². The molecule has 2 rings (SSSR count). The highest BCUT2D eigenvalue weighted by molar-refractivity contribution is 6.30. The Labute approximate surface area is 110 Å². The lowest BCUT2D eigenvalue weighted by atomic mass is 10.1. The summed E-state index contributed by atoms with van der Waals surface area (Å²) < 4.78 is 0. The van der Waals surface area contributed by atoms with Crippen LogP contribution in [0.5, 0.6) is 0 Å². The fraction of sp³-hybridized carbons (Fsp3) is 0.333. The molecule has 0 radical (unpaired) electrons. The van der Waals surface area contributed by atoms with Crippen molar-refractivity contribution in [2.45, 2.75) is 19.4 Å². The van der Waals surface area contributed by atoms with E-state index >= 15 is 0 Å². The first-order valence-electron chi connectivity index (χ1n) is 5.54. The Morgan fingerprint density at radius 3 is 2.39 bits per heavy atom. The van der Waals surface area contributed by atoms with E-state index in [1.807, 2.05) is 0 Å². The summed E-state index contributed by atoms with van der Waals surface area (Å²) in [6, 6.07) is 6.66. The lowest BCUT2D eigenvalue weighted by Crippen LogP contribution is -2.41. The maximum Gasteiger partial charge on any atom is 0.326 e. The molecule has 5 nitrogen and oxygen atoms in total. The predicted octanol–water partition coefficient (Wildman–Crippen LogP) is 2.04. The second kappa shape index (κ2) is 4.49. The zero-order valence-electron chi connectivity index (χ0n) is 10.2. The van der Waals surface area contributed by atoms with Crippen LogP contribution in [0.2, 0.25) is 5.02 Å². The summed E-state index contributed by atoms with van der Waals surface area (Å²) in [5.74, 6) is -0.242. The van der Waals surface area contributed by atoms with Crippen molar-refractivity contribution in [3.05, 3.63) is 29.3 Å². The molecule has 18 heavy (non-hydrogen) atoms. The van der Waals surface area contributed by atoms with Crippen LogP contribution in [0.1, 0.15) is 13.8 Å². The maximum atomic E-state index is 11.9. The van der Waals surface area contributed by atoms with Gasteiger partial charge in [0.05, 0.1) is 6.67 Å². The van der Waals surface area contributed by atoms with Crippen molar-refractivity contribution in [1.29, 1.82) is 0 Å². The molecule has 0 atom stereocenters. The number of hydrogen-bond donors (Lipinski definition) is 2. The highest BCUT2D eigenvalue weighted by Crippen LogP contribution is 2.17. The summed E-state index contributed by atoms with van der Waals surface area (Å²) in [5.41, 5.74) is -0.0385. The van der Waals surface area contributed by atoms with E-state index in [0.29, 0.717) is 5.02 Å². The van der Waals surface area contributed by atoms with E-state index in [9.17, 15) is 9.59 Å². The first kappa shape index (κ1) is 12.7. The predicted molar refractivity (Wildman–Crippen MR) is 69.4 cm³/mol. The van der Waals surface area contributed by atoms with Crippen LogP contribution in [-0.4, -0.2) is 29.0 Å². The van der Waals surface area contributed by atoms with Gasteiger partial charge in [0.15, 0.2) is 0 Å². The van der Waals surface area contributed by atoms with Gasteiger partial charge in [0.25, 0.3) is 5.91 Å². The van der Waals surface area contributed by atoms with Crippen LogP contribution >= 0.6 is 11.6 Å². The molecule has 0 spiro atoms. The van der Waals surface area contributed by atoms with Crippen LogP contribution in [0.3, 0.4) is 0 Å². The summed E-state index contributed by atoms with van der Waals surface area (Å²) in [6.45, 7) is 3.49. The zero-order chi connectivity index (χ0) is 13.3. The Hall–Kier alpha value is -1.75. The molecule has 1 saturated heterocycles. The van der Waals surface area contributed by atoms with E-state index in [0.717, 1.165) is 10.6 Å². The smallest absolute Gasteiger partial charge is 0.326 e. The second-order valence-corrected chi connectivity index (χ2v) is 5.07. The van der Waals surface area contributed by atoms with Crippen LogP contribution in [-0.2, 0) is 4.79 Å². The Kier molecular flexibility index (Phi) is 3.17. The van der Waals surface area contributed by atoms with Crippen LogP contribution in [0.4, 0.5) is 10.5 Å². The number of imide groups is 1. The topological polar surface area (TPSA) is 61.4 Å². The molecule has 0 aromatic heterocycles. The van der Waals surface area contributed by atoms with E-state index in [4.69, 9.17) is 11.6 Å². The Morgan fingerprint density at radius 2 is 1.89 bits per heavy atom. The fourth-order valence-electron chi connectivity index (χ4n) is 1.70. The minimum Gasteiger partial charge on any atom is -0.367 e. The summed E-state index contributed by atoms with van der Waals surface area (Å²) in [7, 11) is 0. The first-order valence-corrected chi connectivity index (χ1v) is 5.91. The fourth-order valence-corrected chi connectivity index (χ4v) is 1.83. The molecule has 0 bridgehead atoms. The van der Waals surface area contributed by atoms with Crippen LogP contribution in [0, 0.1) is 0 Å². The number of carbonyl (C=O) groups is 2. The second-order valence-electron chi connectivity index (χ2n) is 4.63. The van der Waals surface area contributed by atoms with Gasteiger partial charge in [-0.3, -0.25) is 4.79 Å². The average Bonchev–Trinajstić information content (AvgIpc) is 2.49. The summed E-state index contributed by atoms with van der Waals surface area (Å²) in [5, 5.41) is 6.25. The van der Waals surface area contributed by atoms with Crippen molar-refractivity contribution in [3.63, 3.8) is 0 Å². The molecule has 0 aliphatic carbocycles. The van der Waals surface area contributed by atoms with Crippen molar-refractivity contribution in [3.8, 4) is 0 Å². The van der Waals surface area contributed by atoms with E-state index in [-0.39, 0.29) is 18.6 Å². The molecule has 1 fully saturated rings. The molecule has 6 heteroatoms. The lowest BCUT2D eigenvalue weighted by Gasteiger charge is -2.17. The molecule has 0 unspecified atom stereocenters. The normalized spacial score (nSPS) is 17.8. The molecule has 2 N–H and O–H groups in total. The minimum atomic E-state index is -0.835. The van der Waals surface area contributed by atoms with Gasteiger partial charge in [0.1, 0.15) is 5.54 Å². The Morgan fingerprint density at radius 1 is 1.28 bits per heavy atom. The number of benzene rings is 1. The monoisotopic (exact) mass is 267 g/mol. The van der Waals surface area contributed by atoms with Gasteiger partial charge in [-0.05, 0) is 38.1 Å². The van der Waals surface area contributed by atoms with Gasteiger partial charge >= 0.3 is 6.03 Å². The zero-order valence-corrected chi connectivity index (χ0v) is 10.9. The highest BCUT2D eigenvalue weighted by atomic mass is 35.5. The van der Waals surface area contributed by atoms with Crippen molar-refractivity contribution in [2.75, 3.05) is 12.0 Å². The van der Waals surface area contributed by atoms with Crippen molar-refractivity contribution in [1.82, 2.24) is 10.2 Å². The largest absolute Gasteiger partial charge is 0.367 e. The number of urea groups is 1. The molecule has 3 amide bonds. The molecule has 96 valence electrons. The Balaban J connectivity index is 2.01. The van der Waals surface area contributed by atoms with Crippen LogP contribution in [0.15, 0.2) is 24.3 Å². The first-order chi connectivity index (χ1) is 8.40. The number of hydrogen-bond acceptors (Lipinski definition) is 3. The van der Waals surface area contributed by atoms with Gasteiger partial charge < -0.3 is 10.6 Å². The van der Waals surface area contributed by atoms with Crippen LogP contribution in [0.25, 0.3) is 0 Å². The third-order valence-corrected chi connectivity index (χ3v) is 2.98. The van der Waals surface area contributed by atoms with E-state index in [1.165, 1.54) is 0 Å². The minimum absolute atomic E-state index is 0.135. The van der Waals surface area contributed by atoms with Gasteiger partial charge in [0.2, 0.25) is 0 Å². The molecule has 1 aromatic rings. The maximum absolute atomic E-state index is 11.9. The van der Waals surface area contributed by atoms with Crippen LogP contribution < -0.4 is 10.6 Å². The number of amides is 3. The third-order valence-electron chi connectivity index (χ3n) is 2.73. The number of carbonyl (C=O) groups excluding carboxylic acids is 2. The quantitative estimate of drug-likeness (QED) is 0.824. The van der Waals surface area contributed by atoms with E-state index in [2.05, 4.69) is 10.6 Å². The number of rotatable bonds is 3. The molecular formula is C12H14ClN3O2.